The van der Waals surface area contributed by atoms with Crippen molar-refractivity contribution in [1.82, 2.24) is 0 Å². The fourth-order valence-corrected chi connectivity index (χ4v) is 1.74. The molecule has 0 aromatic heterocycles. The molecule has 0 aliphatic rings. The zero-order valence-corrected chi connectivity index (χ0v) is 9.67. The summed E-state index contributed by atoms with van der Waals surface area (Å²) in [5.41, 5.74) is -0.328. The number of anilines is 1. The molecule has 2 nitrogen and oxygen atoms in total. The van der Waals surface area contributed by atoms with Gasteiger partial charge in [0, 0.05) is 4.47 Å². The van der Waals surface area contributed by atoms with Gasteiger partial charge in [0.05, 0.1) is 10.7 Å². The van der Waals surface area contributed by atoms with Crippen LogP contribution in [0, 0.1) is 5.82 Å². The van der Waals surface area contributed by atoms with Crippen LogP contribution >= 0.6 is 27.5 Å². The molecular formula is C8H3BrClF4NO. The average Bonchev–Trinajstić information content (AvgIpc) is 2.08. The van der Waals surface area contributed by atoms with Gasteiger partial charge >= 0.3 is 12.1 Å². The van der Waals surface area contributed by atoms with Crippen molar-refractivity contribution >= 4 is 39.1 Å². The second kappa shape index (κ2) is 4.58. The van der Waals surface area contributed by atoms with Crippen LogP contribution in [0.3, 0.4) is 0 Å². The lowest BCUT2D eigenvalue weighted by Crippen LogP contribution is -2.30. The highest BCUT2D eigenvalue weighted by atomic mass is 79.9. The normalized spacial score (nSPS) is 11.4. The lowest BCUT2D eigenvalue weighted by Gasteiger charge is -2.11. The highest BCUT2D eigenvalue weighted by Gasteiger charge is 2.39. The summed E-state index contributed by atoms with van der Waals surface area (Å²) < 4.78 is 48.5. The second-order valence-electron chi connectivity index (χ2n) is 2.70. The van der Waals surface area contributed by atoms with Crippen LogP contribution in [0.2, 0.25) is 5.02 Å². The fraction of sp³-hybridized carbons (Fsp3) is 0.125. The molecule has 0 saturated carbocycles. The zero-order chi connectivity index (χ0) is 12.5. The molecular weight excluding hydrogens is 317 g/mol. The van der Waals surface area contributed by atoms with Crippen LogP contribution in [-0.2, 0) is 4.79 Å². The quantitative estimate of drug-likeness (QED) is 0.785. The number of carbonyl (C=O) groups is 1. The van der Waals surface area contributed by atoms with E-state index < -0.39 is 17.9 Å². The van der Waals surface area contributed by atoms with E-state index in [0.717, 1.165) is 12.1 Å². The molecule has 0 atom stereocenters. The molecule has 1 aromatic rings. The molecule has 0 saturated heterocycles. The Hall–Kier alpha value is -0.820. The molecule has 0 aliphatic heterocycles. The zero-order valence-electron chi connectivity index (χ0n) is 7.33. The summed E-state index contributed by atoms with van der Waals surface area (Å²) in [5.74, 6) is -2.91. The molecule has 1 rings (SSSR count). The molecule has 1 N–H and O–H groups in total. The lowest BCUT2D eigenvalue weighted by atomic mass is 10.3. The molecule has 0 unspecified atom stereocenters. The van der Waals surface area contributed by atoms with Crippen molar-refractivity contribution in [2.75, 3.05) is 5.32 Å². The summed E-state index contributed by atoms with van der Waals surface area (Å²) in [5, 5.41) is 1.21. The Labute approximate surface area is 101 Å². The van der Waals surface area contributed by atoms with Gasteiger partial charge in [0.15, 0.2) is 0 Å². The van der Waals surface area contributed by atoms with E-state index in [1.165, 1.54) is 5.32 Å². The Bertz CT molecular complexity index is 412. The SMILES string of the molecule is O=C(Nc1c(Cl)cc(F)cc1Br)C(F)(F)F. The van der Waals surface area contributed by atoms with Crippen LogP contribution in [0.25, 0.3) is 0 Å². The number of alkyl halides is 3. The number of carbonyl (C=O) groups excluding carboxylic acids is 1. The first-order chi connectivity index (χ1) is 7.21. The second-order valence-corrected chi connectivity index (χ2v) is 3.96. The van der Waals surface area contributed by atoms with Crippen molar-refractivity contribution < 1.29 is 22.4 Å². The molecule has 88 valence electrons. The van der Waals surface area contributed by atoms with Gasteiger partial charge in [-0.3, -0.25) is 4.79 Å². The van der Waals surface area contributed by atoms with Crippen LogP contribution in [0.5, 0.6) is 0 Å². The number of amides is 1. The molecule has 0 radical (unpaired) electrons. The van der Waals surface area contributed by atoms with E-state index in [1.54, 1.807) is 0 Å². The topological polar surface area (TPSA) is 29.1 Å². The summed E-state index contributed by atoms with van der Waals surface area (Å²) in [6.07, 6.45) is -5.03. The van der Waals surface area contributed by atoms with Gasteiger partial charge in [0.25, 0.3) is 0 Å². The number of halogens is 6. The molecule has 0 heterocycles. The first kappa shape index (κ1) is 13.2. The van der Waals surface area contributed by atoms with Crippen molar-refractivity contribution in [3.05, 3.63) is 27.4 Å². The standard InChI is InChI=1S/C8H3BrClF4NO/c9-4-1-3(11)2-5(10)6(4)15-7(16)8(12,13)14/h1-2H,(H,15,16). The molecule has 0 bridgehead atoms. The summed E-state index contributed by atoms with van der Waals surface area (Å²) in [7, 11) is 0. The van der Waals surface area contributed by atoms with Gasteiger partial charge in [-0.05, 0) is 28.1 Å². The van der Waals surface area contributed by atoms with Gasteiger partial charge in [0.1, 0.15) is 5.82 Å². The molecule has 8 heteroatoms. The number of hydrogen-bond acceptors (Lipinski definition) is 1. The highest BCUT2D eigenvalue weighted by Crippen LogP contribution is 2.32. The van der Waals surface area contributed by atoms with E-state index in [4.69, 9.17) is 11.6 Å². The molecule has 1 aromatic carbocycles. The maximum atomic E-state index is 12.7. The monoisotopic (exact) mass is 319 g/mol. The third kappa shape index (κ3) is 3.08. The minimum absolute atomic E-state index is 0.0740. The minimum atomic E-state index is -5.03. The van der Waals surface area contributed by atoms with Gasteiger partial charge in [-0.25, -0.2) is 4.39 Å². The Morgan fingerprint density at radius 2 is 1.94 bits per heavy atom. The van der Waals surface area contributed by atoms with E-state index >= 15 is 0 Å². The van der Waals surface area contributed by atoms with Gasteiger partial charge in [-0.15, -0.1) is 0 Å². The number of hydrogen-bond donors (Lipinski definition) is 1. The van der Waals surface area contributed by atoms with Crippen LogP contribution in [0.15, 0.2) is 16.6 Å². The maximum absolute atomic E-state index is 12.7. The number of benzene rings is 1. The summed E-state index contributed by atoms with van der Waals surface area (Å²) in [6, 6.07) is 1.68. The third-order valence-electron chi connectivity index (χ3n) is 1.50. The van der Waals surface area contributed by atoms with Gasteiger partial charge in [-0.1, -0.05) is 11.6 Å². The summed E-state index contributed by atoms with van der Waals surface area (Å²) in [4.78, 5) is 10.6. The van der Waals surface area contributed by atoms with Crippen molar-refractivity contribution in [2.45, 2.75) is 6.18 Å². The fourth-order valence-electron chi connectivity index (χ4n) is 0.846. The molecule has 0 aliphatic carbocycles. The van der Waals surface area contributed by atoms with Crippen molar-refractivity contribution in [1.29, 1.82) is 0 Å². The van der Waals surface area contributed by atoms with Crippen LogP contribution in [0.4, 0.5) is 23.2 Å². The van der Waals surface area contributed by atoms with Gasteiger partial charge in [-0.2, -0.15) is 13.2 Å². The van der Waals surface area contributed by atoms with E-state index in [1.807, 2.05) is 0 Å². The van der Waals surface area contributed by atoms with Crippen LogP contribution < -0.4 is 5.32 Å². The van der Waals surface area contributed by atoms with Gasteiger partial charge in [0.2, 0.25) is 0 Å². The Morgan fingerprint density at radius 3 is 2.38 bits per heavy atom. The van der Waals surface area contributed by atoms with Gasteiger partial charge < -0.3 is 5.32 Å². The molecule has 0 spiro atoms. The smallest absolute Gasteiger partial charge is 0.316 e. The molecule has 1 amide bonds. The molecule has 16 heavy (non-hydrogen) atoms. The van der Waals surface area contributed by atoms with Crippen molar-refractivity contribution in [3.8, 4) is 0 Å². The number of nitrogens with one attached hydrogen (secondary N) is 1. The van der Waals surface area contributed by atoms with E-state index in [9.17, 15) is 22.4 Å². The van der Waals surface area contributed by atoms with E-state index in [2.05, 4.69) is 15.9 Å². The van der Waals surface area contributed by atoms with Crippen LogP contribution in [-0.4, -0.2) is 12.1 Å². The minimum Gasteiger partial charge on any atom is -0.316 e. The third-order valence-corrected chi connectivity index (χ3v) is 2.43. The first-order valence-electron chi connectivity index (χ1n) is 3.74. The maximum Gasteiger partial charge on any atom is 0.471 e. The molecule has 0 fully saturated rings. The average molecular weight is 320 g/mol. The van der Waals surface area contributed by atoms with E-state index in [-0.39, 0.29) is 15.2 Å². The predicted octanol–water partition coefficient (Wildman–Crippen LogP) is 3.74. The highest BCUT2D eigenvalue weighted by molar-refractivity contribution is 9.10. The summed E-state index contributed by atoms with van der Waals surface area (Å²) >= 11 is 8.26. The van der Waals surface area contributed by atoms with Crippen molar-refractivity contribution in [2.24, 2.45) is 0 Å². The number of rotatable bonds is 1. The van der Waals surface area contributed by atoms with Crippen molar-refractivity contribution in [3.63, 3.8) is 0 Å². The lowest BCUT2D eigenvalue weighted by molar-refractivity contribution is -0.167. The Balaban J connectivity index is 3.03. The Morgan fingerprint density at radius 1 is 1.38 bits per heavy atom. The largest absolute Gasteiger partial charge is 0.471 e. The predicted molar refractivity (Wildman–Crippen MR) is 53.8 cm³/mol. The Kier molecular flexibility index (Phi) is 3.80. The first-order valence-corrected chi connectivity index (χ1v) is 4.91. The van der Waals surface area contributed by atoms with Crippen LogP contribution in [0.1, 0.15) is 0 Å². The summed E-state index contributed by atoms with van der Waals surface area (Å²) in [6.45, 7) is 0. The van der Waals surface area contributed by atoms with E-state index in [0.29, 0.717) is 0 Å².